The Hall–Kier alpha value is -1.85. The van der Waals surface area contributed by atoms with Gasteiger partial charge in [-0.3, -0.25) is 9.69 Å². The summed E-state index contributed by atoms with van der Waals surface area (Å²) >= 11 is 3.53. The first-order valence-electron chi connectivity index (χ1n) is 7.36. The second kappa shape index (κ2) is 8.13. The molecule has 0 spiro atoms. The summed E-state index contributed by atoms with van der Waals surface area (Å²) in [6, 6.07) is 13.7. The third kappa shape index (κ3) is 5.08. The number of hydrogen-bond acceptors (Lipinski definition) is 3. The fourth-order valence-corrected chi connectivity index (χ4v) is 2.74. The van der Waals surface area contributed by atoms with Gasteiger partial charge in [-0.15, -0.1) is 0 Å². The fraction of sp³-hybridized carbons (Fsp3) is 0.278. The first-order chi connectivity index (χ1) is 11.0. The van der Waals surface area contributed by atoms with Crippen LogP contribution in [0.25, 0.3) is 0 Å². The third-order valence-corrected chi connectivity index (χ3v) is 4.21. The van der Waals surface area contributed by atoms with Gasteiger partial charge in [0.15, 0.2) is 0 Å². The number of nitrogens with one attached hydrogen (secondary N) is 1. The Balaban J connectivity index is 1.97. The van der Waals surface area contributed by atoms with E-state index in [1.165, 1.54) is 0 Å². The predicted molar refractivity (Wildman–Crippen MR) is 96.8 cm³/mol. The van der Waals surface area contributed by atoms with Gasteiger partial charge in [0, 0.05) is 11.0 Å². The minimum atomic E-state index is -0.0662. The molecule has 1 N–H and O–H groups in total. The van der Waals surface area contributed by atoms with E-state index in [1.807, 2.05) is 61.3 Å². The number of carbonyl (C=O) groups is 1. The molecule has 0 aromatic heterocycles. The highest BCUT2D eigenvalue weighted by Crippen LogP contribution is 2.25. The lowest BCUT2D eigenvalue weighted by molar-refractivity contribution is -0.117. The molecule has 0 bridgehead atoms. The number of ether oxygens (including phenoxy) is 1. The lowest BCUT2D eigenvalue weighted by Gasteiger charge is -2.18. The van der Waals surface area contributed by atoms with Gasteiger partial charge < -0.3 is 10.1 Å². The second-order valence-electron chi connectivity index (χ2n) is 5.52. The molecule has 0 heterocycles. The molecule has 0 aliphatic heterocycles. The maximum atomic E-state index is 12.3. The van der Waals surface area contributed by atoms with Crippen LogP contribution in [-0.4, -0.2) is 31.5 Å². The number of methoxy groups -OCH3 is 1. The lowest BCUT2D eigenvalue weighted by Crippen LogP contribution is -2.30. The van der Waals surface area contributed by atoms with Gasteiger partial charge in [0.2, 0.25) is 5.91 Å². The molecule has 122 valence electrons. The van der Waals surface area contributed by atoms with Crippen molar-refractivity contribution in [2.75, 3.05) is 26.0 Å². The zero-order valence-corrected chi connectivity index (χ0v) is 15.2. The van der Waals surface area contributed by atoms with Crippen LogP contribution in [0.5, 0.6) is 5.75 Å². The first kappa shape index (κ1) is 17.5. The summed E-state index contributed by atoms with van der Waals surface area (Å²) in [6.07, 6.45) is 0. The van der Waals surface area contributed by atoms with Gasteiger partial charge in [-0.25, -0.2) is 0 Å². The highest BCUT2D eigenvalue weighted by atomic mass is 79.9. The molecule has 0 radical (unpaired) electrons. The molecule has 0 saturated carbocycles. The van der Waals surface area contributed by atoms with Crippen LogP contribution in [-0.2, 0) is 11.3 Å². The molecule has 5 heteroatoms. The molecule has 0 aliphatic rings. The van der Waals surface area contributed by atoms with Crippen LogP contribution in [0.4, 0.5) is 5.69 Å². The number of anilines is 1. The fourth-order valence-electron chi connectivity index (χ4n) is 2.33. The summed E-state index contributed by atoms with van der Waals surface area (Å²) < 4.78 is 6.33. The van der Waals surface area contributed by atoms with E-state index < -0.39 is 0 Å². The zero-order valence-electron chi connectivity index (χ0n) is 13.6. The normalized spacial score (nSPS) is 10.7. The van der Waals surface area contributed by atoms with Crippen LogP contribution >= 0.6 is 15.9 Å². The zero-order chi connectivity index (χ0) is 16.8. The maximum absolute atomic E-state index is 12.3. The van der Waals surface area contributed by atoms with Gasteiger partial charge in [-0.1, -0.05) is 40.2 Å². The molecular weight excluding hydrogens is 356 g/mol. The van der Waals surface area contributed by atoms with Crippen LogP contribution in [0.2, 0.25) is 0 Å². The van der Waals surface area contributed by atoms with Crippen molar-refractivity contribution in [1.82, 2.24) is 4.90 Å². The summed E-state index contributed by atoms with van der Waals surface area (Å²) in [5.41, 5.74) is 2.92. The van der Waals surface area contributed by atoms with Crippen LogP contribution in [0.15, 0.2) is 46.9 Å². The van der Waals surface area contributed by atoms with Crippen molar-refractivity contribution in [1.29, 1.82) is 0 Å². The predicted octanol–water partition coefficient (Wildman–Crippen LogP) is 3.84. The molecule has 0 fully saturated rings. The number of nitrogens with zero attached hydrogens (tertiary/aromatic N) is 1. The highest BCUT2D eigenvalue weighted by molar-refractivity contribution is 9.10. The number of aryl methyl sites for hydroxylation is 1. The minimum absolute atomic E-state index is 0.0662. The summed E-state index contributed by atoms with van der Waals surface area (Å²) in [6.45, 7) is 2.98. The van der Waals surface area contributed by atoms with Crippen LogP contribution in [0.3, 0.4) is 0 Å². The smallest absolute Gasteiger partial charge is 0.238 e. The van der Waals surface area contributed by atoms with Crippen molar-refractivity contribution >= 4 is 27.5 Å². The van der Waals surface area contributed by atoms with E-state index in [0.717, 1.165) is 15.6 Å². The van der Waals surface area contributed by atoms with Crippen molar-refractivity contribution in [2.24, 2.45) is 0 Å². The SMILES string of the molecule is COc1ccc(C)cc1NC(=O)CN(C)Cc1ccccc1Br. The Morgan fingerprint density at radius 3 is 2.70 bits per heavy atom. The summed E-state index contributed by atoms with van der Waals surface area (Å²) in [7, 11) is 3.52. The van der Waals surface area contributed by atoms with E-state index in [1.54, 1.807) is 7.11 Å². The van der Waals surface area contributed by atoms with E-state index in [0.29, 0.717) is 24.5 Å². The Morgan fingerprint density at radius 2 is 2.00 bits per heavy atom. The van der Waals surface area contributed by atoms with Gasteiger partial charge in [0.05, 0.1) is 19.3 Å². The van der Waals surface area contributed by atoms with E-state index in [9.17, 15) is 4.79 Å². The molecule has 0 unspecified atom stereocenters. The van der Waals surface area contributed by atoms with Crippen LogP contribution < -0.4 is 10.1 Å². The number of halogens is 1. The van der Waals surface area contributed by atoms with Crippen molar-refractivity contribution in [3.05, 3.63) is 58.1 Å². The van der Waals surface area contributed by atoms with E-state index >= 15 is 0 Å². The van der Waals surface area contributed by atoms with E-state index in [2.05, 4.69) is 21.2 Å². The molecule has 4 nitrogen and oxygen atoms in total. The van der Waals surface area contributed by atoms with Crippen molar-refractivity contribution in [3.63, 3.8) is 0 Å². The Morgan fingerprint density at radius 1 is 1.26 bits per heavy atom. The molecule has 1 amide bonds. The minimum Gasteiger partial charge on any atom is -0.495 e. The largest absolute Gasteiger partial charge is 0.495 e. The van der Waals surface area contributed by atoms with Crippen LogP contribution in [0.1, 0.15) is 11.1 Å². The molecule has 0 saturated heterocycles. The Kier molecular flexibility index (Phi) is 6.19. The average molecular weight is 377 g/mol. The Labute approximate surface area is 145 Å². The van der Waals surface area contributed by atoms with Gasteiger partial charge >= 0.3 is 0 Å². The van der Waals surface area contributed by atoms with Gasteiger partial charge in [0.1, 0.15) is 5.75 Å². The summed E-state index contributed by atoms with van der Waals surface area (Å²) in [4.78, 5) is 14.2. The lowest BCUT2D eigenvalue weighted by atomic mass is 10.2. The quantitative estimate of drug-likeness (QED) is 0.832. The Bertz CT molecular complexity index is 688. The second-order valence-corrected chi connectivity index (χ2v) is 6.37. The van der Waals surface area contributed by atoms with Gasteiger partial charge in [-0.2, -0.15) is 0 Å². The number of rotatable bonds is 6. The molecule has 0 aliphatic carbocycles. The van der Waals surface area contributed by atoms with Crippen molar-refractivity contribution in [3.8, 4) is 5.75 Å². The van der Waals surface area contributed by atoms with E-state index in [-0.39, 0.29) is 5.91 Å². The monoisotopic (exact) mass is 376 g/mol. The molecular formula is C18H21BrN2O2. The van der Waals surface area contributed by atoms with Crippen LogP contribution in [0, 0.1) is 6.92 Å². The van der Waals surface area contributed by atoms with E-state index in [4.69, 9.17) is 4.74 Å². The summed E-state index contributed by atoms with van der Waals surface area (Å²) in [5.74, 6) is 0.598. The topological polar surface area (TPSA) is 41.6 Å². The molecule has 23 heavy (non-hydrogen) atoms. The number of benzene rings is 2. The first-order valence-corrected chi connectivity index (χ1v) is 8.15. The number of hydrogen-bond donors (Lipinski definition) is 1. The maximum Gasteiger partial charge on any atom is 0.238 e. The molecule has 2 aromatic carbocycles. The van der Waals surface area contributed by atoms with Gasteiger partial charge in [-0.05, 0) is 43.3 Å². The average Bonchev–Trinajstić information content (AvgIpc) is 2.49. The van der Waals surface area contributed by atoms with Gasteiger partial charge in [0.25, 0.3) is 0 Å². The third-order valence-electron chi connectivity index (χ3n) is 3.44. The summed E-state index contributed by atoms with van der Waals surface area (Å²) in [5, 5.41) is 2.92. The number of carbonyl (C=O) groups excluding carboxylic acids is 1. The standard InChI is InChI=1S/C18H21BrN2O2/c1-13-8-9-17(23-3)16(10-13)20-18(22)12-21(2)11-14-6-4-5-7-15(14)19/h4-10H,11-12H2,1-3H3,(H,20,22). The number of amides is 1. The molecule has 2 rings (SSSR count). The molecule has 2 aromatic rings. The van der Waals surface area contributed by atoms with Crippen molar-refractivity contribution < 1.29 is 9.53 Å². The highest BCUT2D eigenvalue weighted by Gasteiger charge is 2.11. The number of likely N-dealkylation sites (N-methyl/N-ethyl adjacent to an activating group) is 1. The molecule has 0 atom stereocenters. The van der Waals surface area contributed by atoms with Crippen molar-refractivity contribution in [2.45, 2.75) is 13.5 Å².